The number of hydrogen-bond donors (Lipinski definition) is 0. The second-order valence-electron chi connectivity index (χ2n) is 4.72. The Labute approximate surface area is 139 Å². The monoisotopic (exact) mass is 355 g/mol. The largest absolute Gasteiger partial charge is 0.573 e. The van der Waals surface area contributed by atoms with E-state index < -0.39 is 28.7 Å². The summed E-state index contributed by atoms with van der Waals surface area (Å²) in [7, 11) is 0. The third-order valence-corrected chi connectivity index (χ3v) is 3.12. The first-order valence-electron chi connectivity index (χ1n) is 7.04. The molecule has 0 fully saturated rings. The average Bonchev–Trinajstić information content (AvgIpc) is 2.53. The highest BCUT2D eigenvalue weighted by molar-refractivity contribution is 5.98. The van der Waals surface area contributed by atoms with E-state index in [1.165, 1.54) is 43.3 Å². The van der Waals surface area contributed by atoms with Crippen LogP contribution in [0.15, 0.2) is 42.5 Å². The maximum atomic E-state index is 12.6. The molecule has 0 radical (unpaired) electrons. The van der Waals surface area contributed by atoms with Crippen LogP contribution in [0, 0.1) is 10.1 Å². The lowest BCUT2D eigenvalue weighted by Gasteiger charge is -2.14. The minimum Gasteiger partial charge on any atom is -0.462 e. The van der Waals surface area contributed by atoms with E-state index in [1.54, 1.807) is 0 Å². The number of rotatable bonds is 5. The van der Waals surface area contributed by atoms with E-state index in [0.717, 1.165) is 6.07 Å². The third-order valence-electron chi connectivity index (χ3n) is 3.12. The summed E-state index contributed by atoms with van der Waals surface area (Å²) in [6.07, 6.45) is -4.97. The Bertz CT molecular complexity index is 805. The maximum Gasteiger partial charge on any atom is 0.573 e. The minimum atomic E-state index is -4.97. The Balaban J connectivity index is 2.66. The number of para-hydroxylation sites is 2. The Morgan fingerprint density at radius 3 is 2.36 bits per heavy atom. The summed E-state index contributed by atoms with van der Waals surface area (Å²) in [5, 5.41) is 11.5. The van der Waals surface area contributed by atoms with Gasteiger partial charge in [-0.2, -0.15) is 0 Å². The molecule has 6 nitrogen and oxygen atoms in total. The highest BCUT2D eigenvalue weighted by Crippen LogP contribution is 2.40. The van der Waals surface area contributed by atoms with Gasteiger partial charge < -0.3 is 9.47 Å². The Morgan fingerprint density at radius 2 is 1.76 bits per heavy atom. The van der Waals surface area contributed by atoms with Crippen molar-refractivity contribution in [2.45, 2.75) is 13.3 Å². The molecule has 0 aromatic heterocycles. The third kappa shape index (κ3) is 4.25. The topological polar surface area (TPSA) is 78.7 Å². The lowest BCUT2D eigenvalue weighted by atomic mass is 9.99. The average molecular weight is 355 g/mol. The predicted octanol–water partition coefficient (Wildman–Crippen LogP) is 4.34. The number of alkyl halides is 3. The smallest absolute Gasteiger partial charge is 0.462 e. The summed E-state index contributed by atoms with van der Waals surface area (Å²) in [6, 6.07) is 8.69. The molecule has 0 spiro atoms. The number of benzene rings is 2. The maximum absolute atomic E-state index is 12.6. The van der Waals surface area contributed by atoms with Crippen molar-refractivity contribution in [3.8, 4) is 16.9 Å². The van der Waals surface area contributed by atoms with E-state index in [9.17, 15) is 28.1 Å². The van der Waals surface area contributed by atoms with Gasteiger partial charge in [-0.3, -0.25) is 10.1 Å². The van der Waals surface area contributed by atoms with E-state index in [1.807, 2.05) is 0 Å². The van der Waals surface area contributed by atoms with Gasteiger partial charge in [0, 0.05) is 5.56 Å². The Morgan fingerprint density at radius 1 is 1.12 bits per heavy atom. The van der Waals surface area contributed by atoms with Gasteiger partial charge in [-0.1, -0.05) is 24.3 Å². The van der Waals surface area contributed by atoms with Crippen molar-refractivity contribution >= 4 is 11.7 Å². The number of nitrogens with zero attached hydrogens (tertiary/aromatic N) is 1. The number of nitro groups is 1. The number of esters is 1. The molecular weight excluding hydrogens is 343 g/mol. The molecule has 2 aromatic rings. The molecule has 0 bridgehead atoms. The van der Waals surface area contributed by atoms with Gasteiger partial charge in [0.15, 0.2) is 0 Å². The van der Waals surface area contributed by atoms with E-state index >= 15 is 0 Å². The second kappa shape index (κ2) is 7.20. The summed E-state index contributed by atoms with van der Waals surface area (Å²) < 4.78 is 46.4. The van der Waals surface area contributed by atoms with Crippen LogP contribution in [0.1, 0.15) is 17.3 Å². The van der Waals surface area contributed by atoms with Gasteiger partial charge in [0.2, 0.25) is 0 Å². The molecule has 0 saturated carbocycles. The zero-order chi connectivity index (χ0) is 18.6. The highest BCUT2D eigenvalue weighted by atomic mass is 19.4. The zero-order valence-electron chi connectivity index (χ0n) is 12.9. The normalized spacial score (nSPS) is 11.0. The molecule has 25 heavy (non-hydrogen) atoms. The molecule has 0 heterocycles. The SMILES string of the molecule is CCOC(=O)c1cccc(-c2ccccc2OC(F)(F)F)c1[N+](=O)[O-]. The van der Waals surface area contributed by atoms with Crippen LogP contribution in [0.2, 0.25) is 0 Å². The van der Waals surface area contributed by atoms with Gasteiger partial charge >= 0.3 is 12.3 Å². The Kier molecular flexibility index (Phi) is 5.26. The molecule has 0 amide bonds. The molecule has 0 unspecified atom stereocenters. The second-order valence-corrected chi connectivity index (χ2v) is 4.72. The van der Waals surface area contributed by atoms with Crippen molar-refractivity contribution in [3.63, 3.8) is 0 Å². The van der Waals surface area contributed by atoms with Crippen LogP contribution in [0.4, 0.5) is 18.9 Å². The van der Waals surface area contributed by atoms with Crippen LogP contribution < -0.4 is 4.74 Å². The van der Waals surface area contributed by atoms with Gasteiger partial charge in [0.25, 0.3) is 5.69 Å². The van der Waals surface area contributed by atoms with Crippen LogP contribution in [0.25, 0.3) is 11.1 Å². The highest BCUT2D eigenvalue weighted by Gasteiger charge is 2.34. The van der Waals surface area contributed by atoms with Crippen molar-refractivity contribution in [3.05, 3.63) is 58.1 Å². The standard InChI is InChI=1S/C16H12F3NO5/c1-2-24-15(21)12-8-5-7-11(14(12)20(22)23)10-6-3-4-9-13(10)25-16(17,18)19/h3-9H,2H2,1H3. The number of carbonyl (C=O) groups excluding carboxylic acids is 1. The summed E-state index contributed by atoms with van der Waals surface area (Å²) in [5.41, 5.74) is -1.36. The van der Waals surface area contributed by atoms with Crippen molar-refractivity contribution in [2.75, 3.05) is 6.61 Å². The number of halogens is 3. The molecule has 2 rings (SSSR count). The molecule has 0 N–H and O–H groups in total. The van der Waals surface area contributed by atoms with Crippen LogP contribution in [0.3, 0.4) is 0 Å². The number of carbonyl (C=O) groups is 1. The summed E-state index contributed by atoms with van der Waals surface area (Å²) in [4.78, 5) is 22.5. The summed E-state index contributed by atoms with van der Waals surface area (Å²) in [5.74, 6) is -1.55. The van der Waals surface area contributed by atoms with Gasteiger partial charge in [0.1, 0.15) is 11.3 Å². The molecule has 0 atom stereocenters. The van der Waals surface area contributed by atoms with E-state index in [2.05, 4.69) is 4.74 Å². The molecule has 132 valence electrons. The van der Waals surface area contributed by atoms with Gasteiger partial charge in [-0.05, 0) is 25.1 Å². The van der Waals surface area contributed by atoms with E-state index in [0.29, 0.717) is 0 Å². The Hall–Kier alpha value is -3.10. The number of hydrogen-bond acceptors (Lipinski definition) is 5. The quantitative estimate of drug-likeness (QED) is 0.453. The first-order chi connectivity index (χ1) is 11.7. The predicted molar refractivity (Wildman–Crippen MR) is 81.2 cm³/mol. The zero-order valence-corrected chi connectivity index (χ0v) is 12.9. The number of ether oxygens (including phenoxy) is 2. The van der Waals surface area contributed by atoms with Gasteiger partial charge in [0.05, 0.1) is 17.1 Å². The van der Waals surface area contributed by atoms with Crippen LogP contribution in [0.5, 0.6) is 5.75 Å². The van der Waals surface area contributed by atoms with Crippen molar-refractivity contribution in [1.82, 2.24) is 0 Å². The van der Waals surface area contributed by atoms with E-state index in [-0.39, 0.29) is 23.3 Å². The van der Waals surface area contributed by atoms with Crippen molar-refractivity contribution in [1.29, 1.82) is 0 Å². The molecule has 0 aliphatic rings. The molecule has 0 aliphatic heterocycles. The van der Waals surface area contributed by atoms with Crippen LogP contribution >= 0.6 is 0 Å². The lowest BCUT2D eigenvalue weighted by Crippen LogP contribution is -2.17. The molecule has 2 aromatic carbocycles. The summed E-state index contributed by atoms with van der Waals surface area (Å²) >= 11 is 0. The molecule has 0 aliphatic carbocycles. The van der Waals surface area contributed by atoms with Crippen LogP contribution in [-0.2, 0) is 4.74 Å². The first-order valence-corrected chi connectivity index (χ1v) is 7.04. The fraction of sp³-hybridized carbons (Fsp3) is 0.188. The minimum absolute atomic E-state index is 0.00597. The first kappa shape index (κ1) is 18.2. The van der Waals surface area contributed by atoms with Gasteiger partial charge in [-0.25, -0.2) is 4.79 Å². The van der Waals surface area contributed by atoms with Crippen molar-refractivity contribution in [2.24, 2.45) is 0 Å². The van der Waals surface area contributed by atoms with Gasteiger partial charge in [-0.15, -0.1) is 13.2 Å². The number of nitro benzene ring substituents is 1. The molecule has 0 saturated heterocycles. The fourth-order valence-electron chi connectivity index (χ4n) is 2.23. The molecule has 9 heteroatoms. The lowest BCUT2D eigenvalue weighted by molar-refractivity contribution is -0.384. The van der Waals surface area contributed by atoms with Crippen molar-refractivity contribution < 1.29 is 32.4 Å². The fourth-order valence-corrected chi connectivity index (χ4v) is 2.23. The molecular formula is C16H12F3NO5. The van der Waals surface area contributed by atoms with E-state index in [4.69, 9.17) is 4.74 Å². The van der Waals surface area contributed by atoms with Crippen LogP contribution in [-0.4, -0.2) is 23.9 Å². The summed E-state index contributed by atoms with van der Waals surface area (Å²) in [6.45, 7) is 1.52.